The molecule has 0 amide bonds. The van der Waals surface area contributed by atoms with E-state index >= 15 is 0 Å². The molecule has 0 atom stereocenters. The summed E-state index contributed by atoms with van der Waals surface area (Å²) < 4.78 is 0. The number of nitrogens with zero attached hydrogens (tertiary/aromatic N) is 3. The topological polar surface area (TPSA) is 38.7 Å². The Hall–Kier alpha value is -2.72. The molecule has 0 radical (unpaired) electrons. The third kappa shape index (κ3) is 3.01. The van der Waals surface area contributed by atoms with Crippen molar-refractivity contribution in [3.05, 3.63) is 72.4 Å². The standard InChI is InChI=1S/C21H17N3S/c1-14-8-6-12-17(22-14)21-23-19(15-9-4-3-5-10-15)16-11-7-13-18(25-2)20(16)24-21/h3-13H,1-2H3. The number of para-hydroxylation sites is 1. The van der Waals surface area contributed by atoms with Gasteiger partial charge >= 0.3 is 0 Å². The molecule has 2 heterocycles. The summed E-state index contributed by atoms with van der Waals surface area (Å²) in [6.07, 6.45) is 2.07. The first-order valence-electron chi connectivity index (χ1n) is 8.10. The predicted octanol–water partition coefficient (Wildman–Crippen LogP) is 5.39. The van der Waals surface area contributed by atoms with E-state index in [9.17, 15) is 0 Å². The second-order valence-electron chi connectivity index (χ2n) is 5.78. The van der Waals surface area contributed by atoms with Gasteiger partial charge in [0.05, 0.1) is 11.2 Å². The molecule has 0 N–H and O–H groups in total. The first-order chi connectivity index (χ1) is 12.3. The summed E-state index contributed by atoms with van der Waals surface area (Å²) in [5, 5.41) is 1.06. The van der Waals surface area contributed by atoms with Crippen LogP contribution in [0.2, 0.25) is 0 Å². The van der Waals surface area contributed by atoms with E-state index in [2.05, 4.69) is 41.6 Å². The molecule has 4 aromatic rings. The Morgan fingerprint density at radius 2 is 1.56 bits per heavy atom. The Labute approximate surface area is 151 Å². The number of thioether (sulfide) groups is 1. The van der Waals surface area contributed by atoms with Gasteiger partial charge in [-0.25, -0.2) is 15.0 Å². The minimum Gasteiger partial charge on any atom is -0.250 e. The van der Waals surface area contributed by atoms with Crippen LogP contribution in [0.1, 0.15) is 5.69 Å². The van der Waals surface area contributed by atoms with Gasteiger partial charge in [0.25, 0.3) is 0 Å². The molecule has 25 heavy (non-hydrogen) atoms. The summed E-state index contributed by atoms with van der Waals surface area (Å²) in [5.41, 5.74) is 4.76. The van der Waals surface area contributed by atoms with Crippen molar-refractivity contribution < 1.29 is 0 Å². The second kappa shape index (κ2) is 6.65. The quantitative estimate of drug-likeness (QED) is 0.468. The zero-order valence-corrected chi connectivity index (χ0v) is 14.9. The zero-order valence-electron chi connectivity index (χ0n) is 14.1. The van der Waals surface area contributed by atoms with Crippen LogP contribution in [-0.2, 0) is 0 Å². The van der Waals surface area contributed by atoms with Crippen LogP contribution in [0.15, 0.2) is 71.6 Å². The van der Waals surface area contributed by atoms with Gasteiger partial charge in [-0.2, -0.15) is 0 Å². The van der Waals surface area contributed by atoms with Crippen LogP contribution in [0, 0.1) is 6.92 Å². The van der Waals surface area contributed by atoms with Crippen LogP contribution in [0.3, 0.4) is 0 Å². The number of hydrogen-bond acceptors (Lipinski definition) is 4. The highest BCUT2D eigenvalue weighted by atomic mass is 32.2. The zero-order chi connectivity index (χ0) is 17.2. The number of rotatable bonds is 3. The number of pyridine rings is 1. The van der Waals surface area contributed by atoms with E-state index in [0.717, 1.165) is 38.4 Å². The van der Waals surface area contributed by atoms with Crippen molar-refractivity contribution in [3.63, 3.8) is 0 Å². The number of fused-ring (bicyclic) bond motifs is 1. The van der Waals surface area contributed by atoms with Crippen LogP contribution >= 0.6 is 11.8 Å². The van der Waals surface area contributed by atoms with Gasteiger partial charge in [0.2, 0.25) is 0 Å². The van der Waals surface area contributed by atoms with Crippen LogP contribution in [0.5, 0.6) is 0 Å². The Kier molecular flexibility index (Phi) is 4.20. The molecule has 2 aromatic heterocycles. The summed E-state index contributed by atoms with van der Waals surface area (Å²) in [4.78, 5) is 15.5. The predicted molar refractivity (Wildman–Crippen MR) is 105 cm³/mol. The molecule has 2 aromatic carbocycles. The summed E-state index contributed by atoms with van der Waals surface area (Å²) in [7, 11) is 0. The molecule has 0 spiro atoms. The van der Waals surface area contributed by atoms with Crippen molar-refractivity contribution in [3.8, 4) is 22.8 Å². The van der Waals surface area contributed by atoms with Gasteiger partial charge in [-0.3, -0.25) is 0 Å². The first kappa shape index (κ1) is 15.8. The van der Waals surface area contributed by atoms with E-state index in [4.69, 9.17) is 9.97 Å². The van der Waals surface area contributed by atoms with Crippen molar-refractivity contribution in [1.82, 2.24) is 15.0 Å². The molecule has 0 aliphatic heterocycles. The molecule has 0 saturated heterocycles. The van der Waals surface area contributed by atoms with Crippen molar-refractivity contribution in [2.75, 3.05) is 6.26 Å². The minimum absolute atomic E-state index is 0.663. The summed E-state index contributed by atoms with van der Waals surface area (Å²) in [6.45, 7) is 1.98. The molecule has 0 saturated carbocycles. The summed E-state index contributed by atoms with van der Waals surface area (Å²) >= 11 is 1.70. The molecule has 0 unspecified atom stereocenters. The minimum atomic E-state index is 0.663. The van der Waals surface area contributed by atoms with Crippen molar-refractivity contribution in [2.45, 2.75) is 11.8 Å². The average molecular weight is 343 g/mol. The summed E-state index contributed by atoms with van der Waals surface area (Å²) in [6, 6.07) is 22.4. The molecule has 0 aliphatic carbocycles. The highest BCUT2D eigenvalue weighted by molar-refractivity contribution is 7.98. The van der Waals surface area contributed by atoms with Crippen molar-refractivity contribution in [1.29, 1.82) is 0 Å². The fourth-order valence-electron chi connectivity index (χ4n) is 2.89. The SMILES string of the molecule is CSc1cccc2c(-c3ccccc3)nc(-c3cccc(C)n3)nc12. The maximum Gasteiger partial charge on any atom is 0.179 e. The van der Waals surface area contributed by atoms with E-state index in [0.29, 0.717) is 5.82 Å². The lowest BCUT2D eigenvalue weighted by Crippen LogP contribution is -1.98. The van der Waals surface area contributed by atoms with E-state index < -0.39 is 0 Å². The molecule has 4 heteroatoms. The summed E-state index contributed by atoms with van der Waals surface area (Å²) in [5.74, 6) is 0.663. The molecule has 122 valence electrons. The lowest BCUT2D eigenvalue weighted by atomic mass is 10.1. The molecule has 3 nitrogen and oxygen atoms in total. The maximum atomic E-state index is 4.88. The fourth-order valence-corrected chi connectivity index (χ4v) is 3.45. The van der Waals surface area contributed by atoms with E-state index in [1.807, 2.05) is 43.3 Å². The van der Waals surface area contributed by atoms with Crippen molar-refractivity contribution >= 4 is 22.7 Å². The molecular formula is C21H17N3S. The first-order valence-corrected chi connectivity index (χ1v) is 9.33. The van der Waals surface area contributed by atoms with E-state index in [1.165, 1.54) is 0 Å². The van der Waals surface area contributed by atoms with Gasteiger partial charge in [0.15, 0.2) is 5.82 Å². The fraction of sp³-hybridized carbons (Fsp3) is 0.0952. The molecule has 4 rings (SSSR count). The Morgan fingerprint density at radius 1 is 0.760 bits per heavy atom. The number of benzene rings is 2. The normalized spacial score (nSPS) is 11.0. The van der Waals surface area contributed by atoms with Gasteiger partial charge < -0.3 is 0 Å². The molecule has 0 aliphatic rings. The monoisotopic (exact) mass is 343 g/mol. The number of aryl methyl sites for hydroxylation is 1. The lowest BCUT2D eigenvalue weighted by Gasteiger charge is -2.11. The van der Waals surface area contributed by atoms with E-state index in [-0.39, 0.29) is 0 Å². The third-order valence-electron chi connectivity index (χ3n) is 4.07. The largest absolute Gasteiger partial charge is 0.250 e. The second-order valence-corrected chi connectivity index (χ2v) is 6.63. The number of hydrogen-bond donors (Lipinski definition) is 0. The molecule has 0 fully saturated rings. The van der Waals surface area contributed by atoms with Gasteiger partial charge in [-0.05, 0) is 31.4 Å². The highest BCUT2D eigenvalue weighted by Crippen LogP contribution is 2.33. The average Bonchev–Trinajstić information content (AvgIpc) is 2.67. The smallest absolute Gasteiger partial charge is 0.179 e. The van der Waals surface area contributed by atoms with Gasteiger partial charge in [0, 0.05) is 21.5 Å². The lowest BCUT2D eigenvalue weighted by molar-refractivity contribution is 1.13. The van der Waals surface area contributed by atoms with Gasteiger partial charge in [0.1, 0.15) is 5.69 Å². The van der Waals surface area contributed by atoms with Gasteiger partial charge in [-0.15, -0.1) is 11.8 Å². The Balaban J connectivity index is 2.06. The third-order valence-corrected chi connectivity index (χ3v) is 4.84. The maximum absolute atomic E-state index is 4.88. The van der Waals surface area contributed by atoms with Crippen LogP contribution in [-0.4, -0.2) is 21.2 Å². The Bertz CT molecular complexity index is 1050. The number of aromatic nitrogens is 3. The Morgan fingerprint density at radius 3 is 2.32 bits per heavy atom. The molecular weight excluding hydrogens is 326 g/mol. The van der Waals surface area contributed by atoms with E-state index in [1.54, 1.807) is 11.8 Å². The van der Waals surface area contributed by atoms with Crippen LogP contribution in [0.25, 0.3) is 33.7 Å². The van der Waals surface area contributed by atoms with Crippen LogP contribution in [0.4, 0.5) is 0 Å². The molecule has 0 bridgehead atoms. The van der Waals surface area contributed by atoms with Gasteiger partial charge in [-0.1, -0.05) is 48.5 Å². The van der Waals surface area contributed by atoms with Crippen molar-refractivity contribution in [2.24, 2.45) is 0 Å². The highest BCUT2D eigenvalue weighted by Gasteiger charge is 2.14. The van der Waals surface area contributed by atoms with Crippen LogP contribution < -0.4 is 0 Å².